The van der Waals surface area contributed by atoms with Gasteiger partial charge in [0.1, 0.15) is 11.5 Å². The maximum Gasteiger partial charge on any atom is 0.338 e. The SMILES string of the molecule is CCOC(=O)c1cc(OCOCC[Si](C)(C)C)c2ccc(O)cc2c1. The van der Waals surface area contributed by atoms with Crippen LogP contribution in [0.2, 0.25) is 25.7 Å². The van der Waals surface area contributed by atoms with Crippen LogP contribution in [0, 0.1) is 0 Å². The van der Waals surface area contributed by atoms with E-state index >= 15 is 0 Å². The number of ether oxygens (including phenoxy) is 3. The molecule has 0 spiro atoms. The van der Waals surface area contributed by atoms with Gasteiger partial charge < -0.3 is 19.3 Å². The largest absolute Gasteiger partial charge is 0.508 e. The molecule has 0 fully saturated rings. The van der Waals surface area contributed by atoms with Crippen LogP contribution in [0.1, 0.15) is 17.3 Å². The first-order chi connectivity index (χ1) is 11.8. The number of carbonyl (C=O) groups excluding carboxylic acids is 1. The van der Waals surface area contributed by atoms with Gasteiger partial charge in [-0.3, -0.25) is 0 Å². The Morgan fingerprint density at radius 3 is 2.60 bits per heavy atom. The molecule has 1 N–H and O–H groups in total. The fraction of sp³-hybridized carbons (Fsp3) is 0.421. The lowest BCUT2D eigenvalue weighted by atomic mass is 10.1. The van der Waals surface area contributed by atoms with E-state index in [9.17, 15) is 9.90 Å². The first-order valence-corrected chi connectivity index (χ1v) is 12.2. The standard InChI is InChI=1S/C19H26O5Si/c1-5-23-19(21)15-10-14-11-16(20)6-7-17(14)18(12-15)24-13-22-8-9-25(2,3)4/h6-7,10-12,20H,5,8-9,13H2,1-4H3. The molecule has 6 heteroatoms. The Balaban J connectivity index is 2.17. The first-order valence-electron chi connectivity index (χ1n) is 8.44. The van der Waals surface area contributed by atoms with Gasteiger partial charge in [0.15, 0.2) is 6.79 Å². The zero-order valence-electron chi connectivity index (χ0n) is 15.3. The molecule has 2 rings (SSSR count). The van der Waals surface area contributed by atoms with Gasteiger partial charge in [0.25, 0.3) is 0 Å². The van der Waals surface area contributed by atoms with Crippen molar-refractivity contribution >= 4 is 24.8 Å². The van der Waals surface area contributed by atoms with Crippen molar-refractivity contribution in [2.24, 2.45) is 0 Å². The van der Waals surface area contributed by atoms with E-state index in [-0.39, 0.29) is 12.5 Å². The average molecular weight is 362 g/mol. The van der Waals surface area contributed by atoms with Crippen LogP contribution in [0.5, 0.6) is 11.5 Å². The number of fused-ring (bicyclic) bond motifs is 1. The third kappa shape index (κ3) is 5.76. The molecule has 2 aromatic carbocycles. The highest BCUT2D eigenvalue weighted by molar-refractivity contribution is 6.76. The zero-order valence-corrected chi connectivity index (χ0v) is 16.3. The molecular weight excluding hydrogens is 336 g/mol. The van der Waals surface area contributed by atoms with Crippen LogP contribution in [-0.4, -0.2) is 39.2 Å². The molecule has 0 aliphatic carbocycles. The summed E-state index contributed by atoms with van der Waals surface area (Å²) in [5.41, 5.74) is 0.386. The molecule has 0 aliphatic rings. The predicted molar refractivity (Wildman–Crippen MR) is 101 cm³/mol. The van der Waals surface area contributed by atoms with E-state index in [1.165, 1.54) is 0 Å². The van der Waals surface area contributed by atoms with E-state index in [0.29, 0.717) is 29.9 Å². The number of hydrogen-bond donors (Lipinski definition) is 1. The molecule has 0 aromatic heterocycles. The van der Waals surface area contributed by atoms with E-state index in [2.05, 4.69) is 19.6 Å². The number of phenols is 1. The summed E-state index contributed by atoms with van der Waals surface area (Å²) >= 11 is 0. The molecule has 0 aliphatic heterocycles. The Morgan fingerprint density at radius 1 is 1.16 bits per heavy atom. The van der Waals surface area contributed by atoms with Crippen molar-refractivity contribution in [3.63, 3.8) is 0 Å². The van der Waals surface area contributed by atoms with Gasteiger partial charge in [-0.15, -0.1) is 0 Å². The van der Waals surface area contributed by atoms with Crippen molar-refractivity contribution in [3.05, 3.63) is 35.9 Å². The summed E-state index contributed by atoms with van der Waals surface area (Å²) < 4.78 is 16.4. The molecule has 0 bridgehead atoms. The highest BCUT2D eigenvalue weighted by Crippen LogP contribution is 2.30. The number of phenolic OH excluding ortho intramolecular Hbond substituents is 1. The molecule has 0 amide bonds. The second-order valence-electron chi connectivity index (χ2n) is 7.08. The van der Waals surface area contributed by atoms with E-state index in [1.807, 2.05) is 0 Å². The second kappa shape index (κ2) is 8.36. The number of rotatable bonds is 8. The third-order valence-electron chi connectivity index (χ3n) is 3.70. The van der Waals surface area contributed by atoms with Crippen LogP contribution < -0.4 is 4.74 Å². The summed E-state index contributed by atoms with van der Waals surface area (Å²) in [6.07, 6.45) is 0. The Kier molecular flexibility index (Phi) is 6.44. The van der Waals surface area contributed by atoms with Gasteiger partial charge in [0.2, 0.25) is 0 Å². The Hall–Kier alpha value is -2.05. The van der Waals surface area contributed by atoms with Crippen molar-refractivity contribution in [1.29, 1.82) is 0 Å². The number of hydrogen-bond acceptors (Lipinski definition) is 5. The fourth-order valence-electron chi connectivity index (χ4n) is 2.32. The number of esters is 1. The van der Waals surface area contributed by atoms with Gasteiger partial charge in [0, 0.05) is 20.1 Å². The van der Waals surface area contributed by atoms with Crippen molar-refractivity contribution in [2.45, 2.75) is 32.6 Å². The molecule has 0 heterocycles. The Bertz CT molecular complexity index is 736. The van der Waals surface area contributed by atoms with Gasteiger partial charge in [0.05, 0.1) is 12.2 Å². The highest BCUT2D eigenvalue weighted by atomic mass is 28.3. The predicted octanol–water partition coefficient (Wildman–Crippen LogP) is 4.41. The van der Waals surface area contributed by atoms with Crippen LogP contribution in [0.4, 0.5) is 0 Å². The molecule has 0 atom stereocenters. The molecule has 2 aromatic rings. The van der Waals surface area contributed by atoms with Gasteiger partial charge in [-0.25, -0.2) is 4.79 Å². The Morgan fingerprint density at radius 2 is 1.92 bits per heavy atom. The summed E-state index contributed by atoms with van der Waals surface area (Å²) in [7, 11) is -1.14. The molecular formula is C19H26O5Si. The van der Waals surface area contributed by atoms with E-state index in [0.717, 1.165) is 11.4 Å². The average Bonchev–Trinajstić information content (AvgIpc) is 2.52. The molecule has 25 heavy (non-hydrogen) atoms. The summed E-state index contributed by atoms with van der Waals surface area (Å²) in [4.78, 5) is 12.0. The van der Waals surface area contributed by atoms with E-state index < -0.39 is 14.0 Å². The van der Waals surface area contributed by atoms with Crippen molar-refractivity contribution in [3.8, 4) is 11.5 Å². The van der Waals surface area contributed by atoms with Gasteiger partial charge >= 0.3 is 5.97 Å². The van der Waals surface area contributed by atoms with Gasteiger partial charge in [-0.05, 0) is 48.7 Å². The maximum absolute atomic E-state index is 12.0. The normalized spacial score (nSPS) is 11.5. The van der Waals surface area contributed by atoms with Crippen molar-refractivity contribution in [2.75, 3.05) is 20.0 Å². The molecule has 136 valence electrons. The number of carbonyl (C=O) groups is 1. The number of benzene rings is 2. The zero-order chi connectivity index (χ0) is 18.4. The fourth-order valence-corrected chi connectivity index (χ4v) is 3.07. The summed E-state index contributed by atoms with van der Waals surface area (Å²) in [5, 5.41) is 11.2. The number of aromatic hydroxyl groups is 1. The molecule has 0 unspecified atom stereocenters. The van der Waals surface area contributed by atoms with E-state index in [4.69, 9.17) is 14.2 Å². The third-order valence-corrected chi connectivity index (χ3v) is 5.41. The molecule has 0 saturated carbocycles. The minimum atomic E-state index is -1.14. The van der Waals surface area contributed by atoms with Crippen molar-refractivity contribution in [1.82, 2.24) is 0 Å². The highest BCUT2D eigenvalue weighted by Gasteiger charge is 2.14. The first kappa shape index (κ1) is 19.3. The minimum absolute atomic E-state index is 0.118. The van der Waals surface area contributed by atoms with E-state index in [1.54, 1.807) is 37.3 Å². The summed E-state index contributed by atoms with van der Waals surface area (Å²) in [6, 6.07) is 9.35. The summed E-state index contributed by atoms with van der Waals surface area (Å²) in [5.74, 6) is 0.247. The quantitative estimate of drug-likeness (QED) is 0.326. The molecule has 0 saturated heterocycles. The lowest BCUT2D eigenvalue weighted by Gasteiger charge is -2.16. The monoisotopic (exact) mass is 362 g/mol. The van der Waals surface area contributed by atoms with Crippen LogP contribution >= 0.6 is 0 Å². The van der Waals surface area contributed by atoms with Crippen LogP contribution in [0.3, 0.4) is 0 Å². The van der Waals surface area contributed by atoms with Crippen LogP contribution in [0.25, 0.3) is 10.8 Å². The van der Waals surface area contributed by atoms with Gasteiger partial charge in [-0.1, -0.05) is 19.6 Å². The molecule has 5 nitrogen and oxygen atoms in total. The smallest absolute Gasteiger partial charge is 0.338 e. The lowest BCUT2D eigenvalue weighted by molar-refractivity contribution is 0.0227. The summed E-state index contributed by atoms with van der Waals surface area (Å²) in [6.45, 7) is 9.71. The lowest BCUT2D eigenvalue weighted by Crippen LogP contribution is -2.22. The van der Waals surface area contributed by atoms with Crippen LogP contribution in [-0.2, 0) is 9.47 Å². The minimum Gasteiger partial charge on any atom is -0.508 e. The molecule has 0 radical (unpaired) electrons. The Labute approximate surface area is 149 Å². The topological polar surface area (TPSA) is 65.0 Å². The van der Waals surface area contributed by atoms with Crippen LogP contribution in [0.15, 0.2) is 30.3 Å². The maximum atomic E-state index is 12.0. The second-order valence-corrected chi connectivity index (χ2v) is 12.7. The van der Waals surface area contributed by atoms with Gasteiger partial charge in [-0.2, -0.15) is 0 Å². The van der Waals surface area contributed by atoms with Crippen molar-refractivity contribution < 1.29 is 24.1 Å².